The first-order valence-electron chi connectivity index (χ1n) is 4.18. The largest absolute Gasteiger partial charge is 0.378 e. The SMILES string of the molecule is C=C(C)C(=O)CNc1ccccc1. The van der Waals surface area contributed by atoms with Crippen molar-refractivity contribution < 1.29 is 4.79 Å². The molecule has 0 spiro atoms. The van der Waals surface area contributed by atoms with Crippen molar-refractivity contribution in [1.82, 2.24) is 0 Å². The fraction of sp³-hybridized carbons (Fsp3) is 0.182. The number of hydrogen-bond acceptors (Lipinski definition) is 2. The van der Waals surface area contributed by atoms with Crippen LogP contribution in [0.1, 0.15) is 6.92 Å². The molecule has 0 saturated heterocycles. The maximum Gasteiger partial charge on any atom is 0.176 e. The molecule has 68 valence electrons. The third kappa shape index (κ3) is 3.11. The summed E-state index contributed by atoms with van der Waals surface area (Å²) in [6.07, 6.45) is 0. The van der Waals surface area contributed by atoms with Crippen LogP contribution < -0.4 is 5.32 Å². The van der Waals surface area contributed by atoms with E-state index < -0.39 is 0 Å². The van der Waals surface area contributed by atoms with Gasteiger partial charge in [-0.3, -0.25) is 4.79 Å². The molecule has 1 rings (SSSR count). The van der Waals surface area contributed by atoms with E-state index in [0.717, 1.165) is 5.69 Å². The third-order valence-electron chi connectivity index (χ3n) is 1.70. The maximum atomic E-state index is 11.2. The van der Waals surface area contributed by atoms with Gasteiger partial charge >= 0.3 is 0 Å². The van der Waals surface area contributed by atoms with Gasteiger partial charge in [0.1, 0.15) is 0 Å². The van der Waals surface area contributed by atoms with Crippen LogP contribution in [0.25, 0.3) is 0 Å². The molecule has 0 saturated carbocycles. The Hall–Kier alpha value is -1.57. The van der Waals surface area contributed by atoms with Gasteiger partial charge in [0.15, 0.2) is 5.78 Å². The van der Waals surface area contributed by atoms with Gasteiger partial charge in [0, 0.05) is 5.69 Å². The van der Waals surface area contributed by atoms with Crippen molar-refractivity contribution in [3.05, 3.63) is 42.5 Å². The Morgan fingerprint density at radius 3 is 2.54 bits per heavy atom. The van der Waals surface area contributed by atoms with Gasteiger partial charge in [-0.15, -0.1) is 0 Å². The first kappa shape index (κ1) is 9.52. The Kier molecular flexibility index (Phi) is 3.26. The first-order chi connectivity index (χ1) is 6.20. The van der Waals surface area contributed by atoms with Gasteiger partial charge in [0.05, 0.1) is 6.54 Å². The minimum Gasteiger partial charge on any atom is -0.378 e. The molecule has 0 unspecified atom stereocenters. The molecular formula is C11H13NO. The summed E-state index contributed by atoms with van der Waals surface area (Å²) in [6.45, 7) is 5.61. The Balaban J connectivity index is 2.44. The third-order valence-corrected chi connectivity index (χ3v) is 1.70. The van der Waals surface area contributed by atoms with Crippen molar-refractivity contribution in [1.29, 1.82) is 0 Å². The van der Waals surface area contributed by atoms with Crippen LogP contribution in [-0.2, 0) is 4.79 Å². The van der Waals surface area contributed by atoms with Crippen LogP contribution in [0.4, 0.5) is 5.69 Å². The van der Waals surface area contributed by atoms with E-state index in [0.29, 0.717) is 12.1 Å². The molecule has 0 aromatic heterocycles. The molecule has 2 heteroatoms. The van der Waals surface area contributed by atoms with Crippen LogP contribution in [0.3, 0.4) is 0 Å². The van der Waals surface area contributed by atoms with Crippen LogP contribution in [0.2, 0.25) is 0 Å². The van der Waals surface area contributed by atoms with E-state index in [2.05, 4.69) is 11.9 Å². The zero-order valence-corrected chi connectivity index (χ0v) is 7.71. The van der Waals surface area contributed by atoms with Gasteiger partial charge in [0.2, 0.25) is 0 Å². The number of rotatable bonds is 4. The summed E-state index contributed by atoms with van der Waals surface area (Å²) in [5.74, 6) is 0.0452. The predicted octanol–water partition coefficient (Wildman–Crippen LogP) is 2.24. The molecule has 0 bridgehead atoms. The quantitative estimate of drug-likeness (QED) is 0.711. The summed E-state index contributed by atoms with van der Waals surface area (Å²) in [7, 11) is 0. The van der Waals surface area contributed by atoms with Crippen LogP contribution in [0.5, 0.6) is 0 Å². The second kappa shape index (κ2) is 4.45. The zero-order valence-electron chi connectivity index (χ0n) is 7.71. The fourth-order valence-electron chi connectivity index (χ4n) is 0.889. The highest BCUT2D eigenvalue weighted by atomic mass is 16.1. The lowest BCUT2D eigenvalue weighted by Gasteiger charge is -2.04. The summed E-state index contributed by atoms with van der Waals surface area (Å²) >= 11 is 0. The lowest BCUT2D eigenvalue weighted by molar-refractivity contribution is -0.113. The first-order valence-corrected chi connectivity index (χ1v) is 4.18. The number of carbonyl (C=O) groups excluding carboxylic acids is 1. The fourth-order valence-corrected chi connectivity index (χ4v) is 0.889. The Labute approximate surface area is 78.3 Å². The van der Waals surface area contributed by atoms with Gasteiger partial charge in [-0.2, -0.15) is 0 Å². The standard InChI is InChI=1S/C11H13NO/c1-9(2)11(13)8-12-10-6-4-3-5-7-10/h3-7,12H,1,8H2,2H3. The second-order valence-corrected chi connectivity index (χ2v) is 2.92. The zero-order chi connectivity index (χ0) is 9.68. The minimum atomic E-state index is 0.0452. The van der Waals surface area contributed by atoms with Crippen molar-refractivity contribution in [3.8, 4) is 0 Å². The second-order valence-electron chi connectivity index (χ2n) is 2.92. The Morgan fingerprint density at radius 1 is 1.38 bits per heavy atom. The monoisotopic (exact) mass is 175 g/mol. The molecule has 0 atom stereocenters. The molecule has 1 aromatic carbocycles. The van der Waals surface area contributed by atoms with Crippen molar-refractivity contribution >= 4 is 11.5 Å². The van der Waals surface area contributed by atoms with Crippen LogP contribution in [-0.4, -0.2) is 12.3 Å². The van der Waals surface area contributed by atoms with Crippen molar-refractivity contribution in [2.24, 2.45) is 0 Å². The Morgan fingerprint density at radius 2 is 2.00 bits per heavy atom. The van der Waals surface area contributed by atoms with Crippen LogP contribution >= 0.6 is 0 Å². The molecule has 0 fully saturated rings. The molecule has 1 aromatic rings. The van der Waals surface area contributed by atoms with Crippen LogP contribution in [0.15, 0.2) is 42.5 Å². The molecule has 1 N–H and O–H groups in total. The number of para-hydroxylation sites is 1. The molecule has 2 nitrogen and oxygen atoms in total. The predicted molar refractivity (Wildman–Crippen MR) is 54.8 cm³/mol. The number of Topliss-reactive ketones (excluding diaryl/α,β-unsaturated/α-hetero) is 1. The van der Waals surface area contributed by atoms with Crippen molar-refractivity contribution in [2.45, 2.75) is 6.92 Å². The molecule has 0 aliphatic carbocycles. The van der Waals surface area contributed by atoms with E-state index in [4.69, 9.17) is 0 Å². The van der Waals surface area contributed by atoms with E-state index in [-0.39, 0.29) is 5.78 Å². The van der Waals surface area contributed by atoms with E-state index >= 15 is 0 Å². The van der Waals surface area contributed by atoms with Crippen molar-refractivity contribution in [3.63, 3.8) is 0 Å². The summed E-state index contributed by atoms with van der Waals surface area (Å²) in [6, 6.07) is 9.63. The van der Waals surface area contributed by atoms with E-state index in [9.17, 15) is 4.79 Å². The average molecular weight is 175 g/mol. The van der Waals surface area contributed by atoms with E-state index in [1.807, 2.05) is 30.3 Å². The number of nitrogens with one attached hydrogen (secondary N) is 1. The molecule has 0 amide bonds. The summed E-state index contributed by atoms with van der Waals surface area (Å²) in [4.78, 5) is 11.2. The molecule has 0 aliphatic rings. The number of hydrogen-bond donors (Lipinski definition) is 1. The van der Waals surface area contributed by atoms with E-state index in [1.54, 1.807) is 6.92 Å². The number of carbonyl (C=O) groups is 1. The highest BCUT2D eigenvalue weighted by Crippen LogP contribution is 2.04. The number of ketones is 1. The highest BCUT2D eigenvalue weighted by Gasteiger charge is 2.00. The van der Waals surface area contributed by atoms with Gasteiger partial charge in [-0.05, 0) is 24.6 Å². The van der Waals surface area contributed by atoms with Gasteiger partial charge < -0.3 is 5.32 Å². The summed E-state index contributed by atoms with van der Waals surface area (Å²) < 4.78 is 0. The van der Waals surface area contributed by atoms with Crippen LogP contribution in [0, 0.1) is 0 Å². The molecular weight excluding hydrogens is 162 g/mol. The number of benzene rings is 1. The topological polar surface area (TPSA) is 29.1 Å². The number of anilines is 1. The molecule has 0 heterocycles. The minimum absolute atomic E-state index is 0.0452. The Bertz CT molecular complexity index is 303. The molecule has 0 radical (unpaired) electrons. The lowest BCUT2D eigenvalue weighted by atomic mass is 10.2. The normalized spacial score (nSPS) is 9.31. The summed E-state index contributed by atoms with van der Waals surface area (Å²) in [5.41, 5.74) is 1.54. The van der Waals surface area contributed by atoms with E-state index in [1.165, 1.54) is 0 Å². The van der Waals surface area contributed by atoms with Gasteiger partial charge in [0.25, 0.3) is 0 Å². The summed E-state index contributed by atoms with van der Waals surface area (Å²) in [5, 5.41) is 3.02. The van der Waals surface area contributed by atoms with Gasteiger partial charge in [-0.25, -0.2) is 0 Å². The highest BCUT2D eigenvalue weighted by molar-refractivity contribution is 5.97. The van der Waals surface area contributed by atoms with Gasteiger partial charge in [-0.1, -0.05) is 24.8 Å². The van der Waals surface area contributed by atoms with Crippen molar-refractivity contribution in [2.75, 3.05) is 11.9 Å². The lowest BCUT2D eigenvalue weighted by Crippen LogP contribution is -2.13. The molecule has 0 aliphatic heterocycles. The average Bonchev–Trinajstić information content (AvgIpc) is 2.15. The smallest absolute Gasteiger partial charge is 0.176 e. The molecule has 13 heavy (non-hydrogen) atoms. The maximum absolute atomic E-state index is 11.2.